The standard InChI is InChI=1S/2C10H20O2.Co/c2*1-10(2,3)8-6-4-5-7-9(11)12;/h2*4-8H2,1-3H3,(H,11,12);/q;;+2/p-2. The Hall–Kier alpha value is -0.554. The number of carbonyl (C=O) groups is 2. The Morgan fingerprint density at radius 2 is 0.880 bits per heavy atom. The quantitative estimate of drug-likeness (QED) is 0.525. The molecule has 0 aliphatic rings. The SMILES string of the molecule is CC(C)(C)CCCCCC(=O)[O-].CC(C)(C)CCCCCC(=O)[O-].[Co+2]. The zero-order chi connectivity index (χ0) is 19.2. The Balaban J connectivity index is -0.000000372. The van der Waals surface area contributed by atoms with Crippen LogP contribution in [0.3, 0.4) is 0 Å². The number of carboxylic acid groups (broad SMARTS) is 2. The summed E-state index contributed by atoms with van der Waals surface area (Å²) in [7, 11) is 0. The normalized spacial score (nSPS) is 11.1. The van der Waals surface area contributed by atoms with Gasteiger partial charge in [-0.25, -0.2) is 0 Å². The van der Waals surface area contributed by atoms with Gasteiger partial charge < -0.3 is 19.8 Å². The largest absolute Gasteiger partial charge is 2.00 e. The van der Waals surface area contributed by atoms with Gasteiger partial charge in [-0.05, 0) is 49.4 Å². The van der Waals surface area contributed by atoms with Crippen LogP contribution in [0.4, 0.5) is 0 Å². The van der Waals surface area contributed by atoms with E-state index >= 15 is 0 Å². The summed E-state index contributed by atoms with van der Waals surface area (Å²) in [5.74, 6) is -1.85. The Labute approximate surface area is 165 Å². The predicted molar refractivity (Wildman–Crippen MR) is 95.1 cm³/mol. The van der Waals surface area contributed by atoms with E-state index in [0.717, 1.165) is 38.5 Å². The van der Waals surface area contributed by atoms with Gasteiger partial charge in [0.15, 0.2) is 0 Å². The number of aliphatic carboxylic acids is 2. The van der Waals surface area contributed by atoms with E-state index in [0.29, 0.717) is 10.8 Å². The van der Waals surface area contributed by atoms with Crippen molar-refractivity contribution in [1.29, 1.82) is 0 Å². The van der Waals surface area contributed by atoms with Crippen molar-refractivity contribution in [2.75, 3.05) is 0 Å². The minimum atomic E-state index is -0.925. The predicted octanol–water partition coefficient (Wildman–Crippen LogP) is 3.46. The van der Waals surface area contributed by atoms with Crippen LogP contribution in [-0.2, 0) is 26.4 Å². The summed E-state index contributed by atoms with van der Waals surface area (Å²) in [6.07, 6.45) is 8.54. The number of hydrogen-bond acceptors (Lipinski definition) is 4. The van der Waals surface area contributed by atoms with E-state index in [2.05, 4.69) is 41.5 Å². The van der Waals surface area contributed by atoms with Crippen LogP contribution < -0.4 is 10.2 Å². The first kappa shape index (κ1) is 29.2. The van der Waals surface area contributed by atoms with Crippen molar-refractivity contribution in [1.82, 2.24) is 0 Å². The molecule has 25 heavy (non-hydrogen) atoms. The first-order valence-corrected chi connectivity index (χ1v) is 9.23. The molecule has 0 amide bonds. The van der Waals surface area contributed by atoms with Crippen molar-refractivity contribution in [3.05, 3.63) is 0 Å². The van der Waals surface area contributed by atoms with Gasteiger partial charge in [0.2, 0.25) is 0 Å². The van der Waals surface area contributed by atoms with Crippen molar-refractivity contribution < 1.29 is 36.6 Å². The van der Waals surface area contributed by atoms with E-state index in [-0.39, 0.29) is 29.6 Å². The van der Waals surface area contributed by atoms with Gasteiger partial charge in [0.1, 0.15) is 0 Å². The maximum atomic E-state index is 10.0. The second-order valence-corrected chi connectivity index (χ2v) is 8.99. The molecule has 1 radical (unpaired) electrons. The Bertz CT molecular complexity index is 307. The Morgan fingerprint density at radius 1 is 0.600 bits per heavy atom. The molecule has 0 N–H and O–H groups in total. The van der Waals surface area contributed by atoms with Crippen LogP contribution in [0.2, 0.25) is 0 Å². The minimum Gasteiger partial charge on any atom is -0.550 e. The number of hydrogen-bond donors (Lipinski definition) is 0. The molecule has 0 aromatic heterocycles. The summed E-state index contributed by atoms with van der Waals surface area (Å²) in [6.45, 7) is 13.2. The van der Waals surface area contributed by atoms with E-state index in [1.807, 2.05) is 0 Å². The van der Waals surface area contributed by atoms with Crippen LogP contribution in [0.5, 0.6) is 0 Å². The molecule has 0 spiro atoms. The van der Waals surface area contributed by atoms with E-state index < -0.39 is 11.9 Å². The van der Waals surface area contributed by atoms with E-state index in [1.54, 1.807) is 0 Å². The maximum Gasteiger partial charge on any atom is 2.00 e. The molecule has 0 aliphatic carbocycles. The van der Waals surface area contributed by atoms with Crippen LogP contribution in [0, 0.1) is 10.8 Å². The third-order valence-corrected chi connectivity index (χ3v) is 3.62. The van der Waals surface area contributed by atoms with E-state index in [4.69, 9.17) is 0 Å². The molecule has 0 aromatic rings. The average molecular weight is 401 g/mol. The van der Waals surface area contributed by atoms with E-state index in [9.17, 15) is 19.8 Å². The zero-order valence-corrected chi connectivity index (χ0v) is 18.1. The summed E-state index contributed by atoms with van der Waals surface area (Å²) in [5.41, 5.74) is 0.753. The van der Waals surface area contributed by atoms with Gasteiger partial charge in [0.05, 0.1) is 0 Å². The van der Waals surface area contributed by atoms with Gasteiger partial charge in [0, 0.05) is 11.9 Å². The molecule has 0 rings (SSSR count). The first-order valence-electron chi connectivity index (χ1n) is 9.23. The molecule has 0 unspecified atom stereocenters. The summed E-state index contributed by atoms with van der Waals surface area (Å²) >= 11 is 0. The average Bonchev–Trinajstić information content (AvgIpc) is 2.35. The molecule has 0 bridgehead atoms. The second kappa shape index (κ2) is 15.7. The second-order valence-electron chi connectivity index (χ2n) is 8.99. The minimum absolute atomic E-state index is 0. The smallest absolute Gasteiger partial charge is 0.550 e. The number of rotatable bonds is 10. The summed E-state index contributed by atoms with van der Waals surface area (Å²) in [4.78, 5) is 20.1. The zero-order valence-electron chi connectivity index (χ0n) is 17.0. The van der Waals surface area contributed by atoms with Crippen molar-refractivity contribution in [3.63, 3.8) is 0 Å². The molecule has 0 heterocycles. The molecular formula is C20H38CoO4. The maximum absolute atomic E-state index is 10.0. The molecule has 0 fully saturated rings. The first-order chi connectivity index (χ1) is 10.8. The molecule has 0 aliphatic heterocycles. The molecular weight excluding hydrogens is 363 g/mol. The summed E-state index contributed by atoms with van der Waals surface area (Å²) in [6, 6.07) is 0. The van der Waals surface area contributed by atoms with Crippen LogP contribution in [-0.4, -0.2) is 11.9 Å². The Kier molecular flexibility index (Phi) is 18.3. The fraction of sp³-hybridized carbons (Fsp3) is 0.900. The molecule has 0 saturated carbocycles. The van der Waals surface area contributed by atoms with Gasteiger partial charge in [-0.3, -0.25) is 0 Å². The van der Waals surface area contributed by atoms with Gasteiger partial charge in [-0.1, -0.05) is 67.2 Å². The molecule has 151 valence electrons. The van der Waals surface area contributed by atoms with Gasteiger partial charge in [-0.15, -0.1) is 0 Å². The third-order valence-electron chi connectivity index (χ3n) is 3.62. The van der Waals surface area contributed by atoms with Crippen LogP contribution >= 0.6 is 0 Å². The van der Waals surface area contributed by atoms with Crippen LogP contribution in [0.15, 0.2) is 0 Å². The van der Waals surface area contributed by atoms with Crippen LogP contribution in [0.1, 0.15) is 106 Å². The van der Waals surface area contributed by atoms with Crippen molar-refractivity contribution in [2.24, 2.45) is 10.8 Å². The van der Waals surface area contributed by atoms with Crippen molar-refractivity contribution in [3.8, 4) is 0 Å². The van der Waals surface area contributed by atoms with E-state index in [1.165, 1.54) is 12.8 Å². The molecule has 0 aromatic carbocycles. The van der Waals surface area contributed by atoms with Crippen molar-refractivity contribution in [2.45, 2.75) is 106 Å². The fourth-order valence-corrected chi connectivity index (χ4v) is 2.20. The van der Waals surface area contributed by atoms with Crippen LogP contribution in [0.25, 0.3) is 0 Å². The molecule has 0 atom stereocenters. The molecule has 4 nitrogen and oxygen atoms in total. The summed E-state index contributed by atoms with van der Waals surface area (Å²) in [5, 5.41) is 20.1. The number of unbranched alkanes of at least 4 members (excludes halogenated alkanes) is 4. The number of carbonyl (C=O) groups excluding carboxylic acids is 2. The monoisotopic (exact) mass is 401 g/mol. The third kappa shape index (κ3) is 35.4. The molecule has 5 heteroatoms. The summed E-state index contributed by atoms with van der Waals surface area (Å²) < 4.78 is 0. The molecule has 0 saturated heterocycles. The van der Waals surface area contributed by atoms with Gasteiger partial charge >= 0.3 is 16.8 Å². The number of carboxylic acids is 2. The topological polar surface area (TPSA) is 80.3 Å². The van der Waals surface area contributed by atoms with Crippen molar-refractivity contribution >= 4 is 11.9 Å². The van der Waals surface area contributed by atoms with Gasteiger partial charge in [0.25, 0.3) is 0 Å². The Morgan fingerprint density at radius 3 is 1.08 bits per heavy atom. The fourth-order valence-electron chi connectivity index (χ4n) is 2.20. The van der Waals surface area contributed by atoms with Gasteiger partial charge in [-0.2, -0.15) is 0 Å².